The van der Waals surface area contributed by atoms with Gasteiger partial charge in [0.25, 0.3) is 0 Å². The number of rotatable bonds is 13. The lowest BCUT2D eigenvalue weighted by molar-refractivity contribution is -0.146. The van der Waals surface area contributed by atoms with Crippen molar-refractivity contribution in [2.75, 3.05) is 32.7 Å². The van der Waals surface area contributed by atoms with Gasteiger partial charge in [0.2, 0.25) is 31.9 Å². The Hall–Kier alpha value is -2.30. The molecule has 238 valence electrons. The van der Waals surface area contributed by atoms with Gasteiger partial charge in [0.15, 0.2) is 5.76 Å². The van der Waals surface area contributed by atoms with Crippen LogP contribution in [0.2, 0.25) is 4.34 Å². The molecule has 0 aromatic carbocycles. The number of nitrogens with one attached hydrogen (secondary N) is 2. The maximum Gasteiger partial charge on any atom is 0.246 e. The van der Waals surface area contributed by atoms with Crippen LogP contribution in [0, 0.1) is 19.8 Å². The smallest absolute Gasteiger partial charge is 0.246 e. The third kappa shape index (κ3) is 8.45. The third-order valence-electron chi connectivity index (χ3n) is 7.94. The minimum atomic E-state index is -3.89. The zero-order valence-corrected chi connectivity index (χ0v) is 27.7. The summed E-state index contributed by atoms with van der Waals surface area (Å²) in [6.07, 6.45) is 5.23. The molecule has 2 aromatic rings. The molecule has 0 spiro atoms. The first kappa shape index (κ1) is 33.6. The summed E-state index contributed by atoms with van der Waals surface area (Å²) in [4.78, 5) is 30.6. The number of halogens is 1. The number of aryl methyl sites for hydroxylation is 2. The van der Waals surface area contributed by atoms with Crippen molar-refractivity contribution in [1.82, 2.24) is 24.4 Å². The highest BCUT2D eigenvalue weighted by Crippen LogP contribution is 2.31. The van der Waals surface area contributed by atoms with Gasteiger partial charge in [-0.25, -0.2) is 26.3 Å². The summed E-state index contributed by atoms with van der Waals surface area (Å²) >= 11 is 7.15. The van der Waals surface area contributed by atoms with Crippen molar-refractivity contribution in [2.24, 2.45) is 5.92 Å². The van der Waals surface area contributed by atoms with Crippen LogP contribution in [-0.2, 0) is 29.6 Å². The Balaban J connectivity index is 1.27. The number of carbonyl (C=O) groups is 2. The summed E-state index contributed by atoms with van der Waals surface area (Å²) < 4.78 is 61.2. The topological polar surface area (TPSA) is 159 Å². The predicted molar refractivity (Wildman–Crippen MR) is 164 cm³/mol. The van der Waals surface area contributed by atoms with Crippen LogP contribution >= 0.6 is 22.9 Å². The molecule has 2 fully saturated rings. The standard InChI is InChI=1S/C27H38ClN5O7S3/c1-19-25(20(2)40-31-19)43(38,39)30-18-27(3)12-6-15-33(27)24(34)17-32-14-5-8-21(26(32)35)7-4-13-29-42(36,37)16-11-22-9-10-23(28)41-22/h9-11,16,21,29-30H,4-8,12-15,17-18H2,1-3H3/b16-11+/t21-,27-/m1/s1. The highest BCUT2D eigenvalue weighted by atomic mass is 35.5. The molecule has 2 amide bonds. The van der Waals surface area contributed by atoms with Gasteiger partial charge in [-0.15, -0.1) is 11.3 Å². The van der Waals surface area contributed by atoms with Crippen molar-refractivity contribution in [2.45, 2.75) is 69.7 Å². The molecule has 0 saturated carbocycles. The van der Waals surface area contributed by atoms with Crippen LogP contribution in [-0.4, -0.2) is 81.9 Å². The lowest BCUT2D eigenvalue weighted by Gasteiger charge is -2.38. The van der Waals surface area contributed by atoms with Crippen molar-refractivity contribution in [3.05, 3.63) is 38.2 Å². The van der Waals surface area contributed by atoms with Gasteiger partial charge in [-0.3, -0.25) is 9.59 Å². The van der Waals surface area contributed by atoms with Crippen molar-refractivity contribution in [3.8, 4) is 0 Å². The molecule has 4 heterocycles. The number of nitrogens with zero attached hydrogens (tertiary/aromatic N) is 3. The van der Waals surface area contributed by atoms with E-state index in [1.807, 2.05) is 6.92 Å². The molecule has 2 aromatic heterocycles. The number of amides is 2. The normalized spacial score (nSPS) is 21.8. The van der Waals surface area contributed by atoms with E-state index in [1.165, 1.54) is 24.3 Å². The fourth-order valence-corrected chi connectivity index (χ4v) is 9.08. The van der Waals surface area contributed by atoms with Crippen LogP contribution in [0.4, 0.5) is 0 Å². The Morgan fingerprint density at radius 3 is 2.65 bits per heavy atom. The molecule has 16 heteroatoms. The van der Waals surface area contributed by atoms with Gasteiger partial charge < -0.3 is 14.3 Å². The molecule has 43 heavy (non-hydrogen) atoms. The van der Waals surface area contributed by atoms with Gasteiger partial charge in [-0.1, -0.05) is 16.8 Å². The summed E-state index contributed by atoms with van der Waals surface area (Å²) in [7, 11) is -7.52. The van der Waals surface area contributed by atoms with Crippen LogP contribution in [0.15, 0.2) is 27.0 Å². The van der Waals surface area contributed by atoms with E-state index < -0.39 is 25.6 Å². The quantitative estimate of drug-likeness (QED) is 0.306. The number of hydrogen-bond acceptors (Lipinski definition) is 9. The molecular formula is C27H38ClN5O7S3. The predicted octanol–water partition coefficient (Wildman–Crippen LogP) is 3.27. The van der Waals surface area contributed by atoms with E-state index in [1.54, 1.807) is 28.9 Å². The van der Waals surface area contributed by atoms with Crippen LogP contribution < -0.4 is 9.44 Å². The third-order valence-corrected chi connectivity index (χ3v) is 11.9. The zero-order valence-electron chi connectivity index (χ0n) is 24.5. The first-order valence-corrected chi connectivity index (χ1v) is 18.4. The number of likely N-dealkylation sites (tertiary alicyclic amines) is 2. The van der Waals surface area contributed by atoms with E-state index in [2.05, 4.69) is 14.6 Å². The van der Waals surface area contributed by atoms with E-state index in [0.29, 0.717) is 43.1 Å². The summed E-state index contributed by atoms with van der Waals surface area (Å²) in [5.74, 6) is -0.433. The maximum absolute atomic E-state index is 13.4. The zero-order chi connectivity index (χ0) is 31.4. The average Bonchev–Trinajstić information content (AvgIpc) is 3.64. The van der Waals surface area contributed by atoms with Gasteiger partial charge >= 0.3 is 0 Å². The molecule has 2 aliphatic rings. The number of aromatic nitrogens is 1. The summed E-state index contributed by atoms with van der Waals surface area (Å²) in [6.45, 7) is 6.01. The van der Waals surface area contributed by atoms with Gasteiger partial charge in [0.1, 0.15) is 10.6 Å². The number of hydrogen-bond donors (Lipinski definition) is 2. The maximum atomic E-state index is 13.4. The molecule has 4 rings (SSSR count). The van der Waals surface area contributed by atoms with Gasteiger partial charge in [-0.2, -0.15) is 0 Å². The summed E-state index contributed by atoms with van der Waals surface area (Å²) in [5.41, 5.74) is -0.482. The first-order valence-electron chi connectivity index (χ1n) is 14.2. The molecule has 0 radical (unpaired) electrons. The van der Waals surface area contributed by atoms with Crippen LogP contribution in [0.3, 0.4) is 0 Å². The highest BCUT2D eigenvalue weighted by molar-refractivity contribution is 7.92. The van der Waals surface area contributed by atoms with Crippen molar-refractivity contribution < 1.29 is 30.9 Å². The Kier molecular flexibility index (Phi) is 10.8. The highest BCUT2D eigenvalue weighted by Gasteiger charge is 2.42. The van der Waals surface area contributed by atoms with Crippen LogP contribution in [0.5, 0.6) is 0 Å². The minimum absolute atomic E-state index is 0.00457. The lowest BCUT2D eigenvalue weighted by Crippen LogP contribution is -2.55. The molecule has 2 saturated heterocycles. The van der Waals surface area contributed by atoms with Crippen LogP contribution in [0.1, 0.15) is 61.8 Å². The fourth-order valence-electron chi connectivity index (χ4n) is 5.69. The van der Waals surface area contributed by atoms with Crippen molar-refractivity contribution >= 4 is 60.9 Å². The van der Waals surface area contributed by atoms with Crippen molar-refractivity contribution in [1.29, 1.82) is 0 Å². The number of thiophene rings is 1. The SMILES string of the molecule is Cc1noc(C)c1S(=O)(=O)NC[C@@]1(C)CCCN1C(=O)CN1CCC[C@@H](CCCNS(=O)(=O)/C=C/c2ccc(Cl)s2)C1=O. The van der Waals surface area contributed by atoms with Gasteiger partial charge in [0.05, 0.1) is 16.4 Å². The summed E-state index contributed by atoms with van der Waals surface area (Å²) in [6, 6.07) is 3.43. The van der Waals surface area contributed by atoms with E-state index >= 15 is 0 Å². The molecule has 12 nitrogen and oxygen atoms in total. The molecule has 0 bridgehead atoms. The molecule has 2 N–H and O–H groups in total. The van der Waals surface area contributed by atoms with Crippen molar-refractivity contribution in [3.63, 3.8) is 0 Å². The molecular weight excluding hydrogens is 638 g/mol. The second-order valence-corrected chi connectivity index (χ2v) is 16.4. The Morgan fingerprint density at radius 2 is 1.98 bits per heavy atom. The Labute approximate surface area is 261 Å². The largest absolute Gasteiger partial charge is 0.360 e. The fraction of sp³-hybridized carbons (Fsp3) is 0.593. The Morgan fingerprint density at radius 1 is 1.21 bits per heavy atom. The van der Waals surface area contributed by atoms with E-state index in [4.69, 9.17) is 16.1 Å². The molecule has 2 aliphatic heterocycles. The minimum Gasteiger partial charge on any atom is -0.360 e. The molecule has 0 aliphatic carbocycles. The van der Waals surface area contributed by atoms with Gasteiger partial charge in [-0.05, 0) is 77.5 Å². The summed E-state index contributed by atoms with van der Waals surface area (Å²) in [5, 5.41) is 4.82. The van der Waals surface area contributed by atoms with E-state index in [0.717, 1.165) is 23.1 Å². The monoisotopic (exact) mass is 675 g/mol. The lowest BCUT2D eigenvalue weighted by atomic mass is 9.92. The van der Waals surface area contributed by atoms with E-state index in [9.17, 15) is 26.4 Å². The Bertz CT molecular complexity index is 1550. The second-order valence-electron chi connectivity index (χ2n) is 11.2. The first-order chi connectivity index (χ1) is 20.2. The van der Waals surface area contributed by atoms with Crippen LogP contribution in [0.25, 0.3) is 6.08 Å². The van der Waals surface area contributed by atoms with Gasteiger partial charge in [0, 0.05) is 42.4 Å². The second kappa shape index (κ2) is 13.8. The van der Waals surface area contributed by atoms with E-state index in [-0.39, 0.29) is 53.7 Å². The molecule has 2 atom stereocenters. The molecule has 0 unspecified atom stereocenters. The average molecular weight is 676 g/mol. The number of piperidine rings is 1. The number of carbonyl (C=O) groups excluding carboxylic acids is 2. The number of sulfonamides is 2.